The maximum Gasteiger partial charge on any atom is 0.253 e. The van der Waals surface area contributed by atoms with E-state index in [0.29, 0.717) is 19.6 Å². The first kappa shape index (κ1) is 17.3. The van der Waals surface area contributed by atoms with Crippen molar-refractivity contribution in [2.24, 2.45) is 0 Å². The topological polar surface area (TPSA) is 52.7 Å². The summed E-state index contributed by atoms with van der Waals surface area (Å²) in [6.07, 6.45) is 0.836. The predicted molar refractivity (Wildman–Crippen MR) is 97.3 cm³/mol. The van der Waals surface area contributed by atoms with Crippen LogP contribution in [0.15, 0.2) is 18.2 Å². The largest absolute Gasteiger partial charge is 0.339 e. The van der Waals surface area contributed by atoms with Crippen molar-refractivity contribution in [3.8, 4) is 0 Å². The molecule has 2 amide bonds. The van der Waals surface area contributed by atoms with Crippen LogP contribution in [0.2, 0.25) is 0 Å². The first-order chi connectivity index (χ1) is 11.6. The molecule has 2 aliphatic heterocycles. The summed E-state index contributed by atoms with van der Waals surface area (Å²) in [6, 6.07) is 5.81. The highest BCUT2D eigenvalue weighted by Gasteiger charge is 2.29. The fraction of sp³-hybridized carbons (Fsp3) is 0.556. The molecular formula is C18H25N3O2S. The number of nitrogens with one attached hydrogen (secondary N) is 1. The van der Waals surface area contributed by atoms with Gasteiger partial charge >= 0.3 is 0 Å². The summed E-state index contributed by atoms with van der Waals surface area (Å²) in [5.41, 5.74) is 3.07. The van der Waals surface area contributed by atoms with Crippen LogP contribution < -0.4 is 5.32 Å². The Morgan fingerprint density at radius 1 is 1.08 bits per heavy atom. The number of carbonyl (C=O) groups excluding carboxylic acids is 2. The van der Waals surface area contributed by atoms with E-state index in [0.717, 1.165) is 35.7 Å². The molecule has 0 aliphatic carbocycles. The lowest BCUT2D eigenvalue weighted by atomic mass is 10.1. The van der Waals surface area contributed by atoms with E-state index in [2.05, 4.69) is 5.32 Å². The smallest absolute Gasteiger partial charge is 0.253 e. The minimum absolute atomic E-state index is 0.0583. The lowest BCUT2D eigenvalue weighted by Gasteiger charge is -2.24. The van der Waals surface area contributed by atoms with Crippen LogP contribution in [0.25, 0.3) is 0 Å². The molecule has 0 saturated carbocycles. The highest BCUT2D eigenvalue weighted by Crippen LogP contribution is 2.16. The van der Waals surface area contributed by atoms with Gasteiger partial charge in [-0.3, -0.25) is 14.9 Å². The molecule has 0 bridgehead atoms. The van der Waals surface area contributed by atoms with E-state index in [1.165, 1.54) is 5.56 Å². The maximum atomic E-state index is 12.8. The number of aryl methyl sites for hydroxylation is 2. The number of benzene rings is 1. The molecule has 2 heterocycles. The van der Waals surface area contributed by atoms with Crippen LogP contribution in [0.4, 0.5) is 0 Å². The molecule has 1 unspecified atom stereocenters. The Balaban J connectivity index is 1.63. The molecular weight excluding hydrogens is 322 g/mol. The van der Waals surface area contributed by atoms with Crippen LogP contribution >= 0.6 is 11.8 Å². The van der Waals surface area contributed by atoms with Crippen LogP contribution in [0, 0.1) is 13.8 Å². The average Bonchev–Trinajstić information content (AvgIpc) is 3.00. The second-order valence-electron chi connectivity index (χ2n) is 6.54. The number of hydrogen-bond donors (Lipinski definition) is 1. The second kappa shape index (κ2) is 7.57. The van der Waals surface area contributed by atoms with Crippen LogP contribution in [0.5, 0.6) is 0 Å². The van der Waals surface area contributed by atoms with Gasteiger partial charge in [-0.15, -0.1) is 11.8 Å². The zero-order valence-electron chi connectivity index (χ0n) is 14.4. The van der Waals surface area contributed by atoms with Crippen molar-refractivity contribution < 1.29 is 9.59 Å². The fourth-order valence-electron chi connectivity index (χ4n) is 3.17. The van der Waals surface area contributed by atoms with Gasteiger partial charge in [0, 0.05) is 43.4 Å². The van der Waals surface area contributed by atoms with Gasteiger partial charge in [-0.05, 0) is 43.5 Å². The van der Waals surface area contributed by atoms with E-state index in [1.807, 2.05) is 41.8 Å². The van der Waals surface area contributed by atoms with Crippen molar-refractivity contribution in [3.05, 3.63) is 34.9 Å². The Kier molecular flexibility index (Phi) is 5.46. The van der Waals surface area contributed by atoms with Crippen molar-refractivity contribution in [3.63, 3.8) is 0 Å². The summed E-state index contributed by atoms with van der Waals surface area (Å²) in [6.45, 7) is 6.76. The Labute approximate surface area is 147 Å². The van der Waals surface area contributed by atoms with Gasteiger partial charge in [0.05, 0.1) is 6.04 Å². The molecule has 5 nitrogen and oxygen atoms in total. The molecule has 2 aliphatic rings. The van der Waals surface area contributed by atoms with Gasteiger partial charge in [0.1, 0.15) is 0 Å². The monoisotopic (exact) mass is 347 g/mol. The van der Waals surface area contributed by atoms with Gasteiger partial charge in [-0.1, -0.05) is 6.07 Å². The Morgan fingerprint density at radius 2 is 1.83 bits per heavy atom. The van der Waals surface area contributed by atoms with Gasteiger partial charge in [0.2, 0.25) is 5.91 Å². The number of thioether (sulfide) groups is 1. The summed E-state index contributed by atoms with van der Waals surface area (Å²) < 4.78 is 0. The molecule has 130 valence electrons. The number of amides is 2. The molecule has 1 N–H and O–H groups in total. The van der Waals surface area contributed by atoms with Crippen LogP contribution in [-0.2, 0) is 4.79 Å². The molecule has 0 radical (unpaired) electrons. The Bertz CT molecular complexity index is 629. The lowest BCUT2D eigenvalue weighted by Crippen LogP contribution is -2.46. The van der Waals surface area contributed by atoms with E-state index < -0.39 is 0 Å². The van der Waals surface area contributed by atoms with Crippen molar-refractivity contribution in [2.45, 2.75) is 26.3 Å². The van der Waals surface area contributed by atoms with Gasteiger partial charge in [-0.2, -0.15) is 0 Å². The molecule has 1 atom stereocenters. The quantitative estimate of drug-likeness (QED) is 0.884. The molecule has 2 saturated heterocycles. The second-order valence-corrected chi connectivity index (χ2v) is 7.57. The van der Waals surface area contributed by atoms with E-state index in [4.69, 9.17) is 0 Å². The molecule has 1 aromatic carbocycles. The number of nitrogens with zero attached hydrogens (tertiary/aromatic N) is 2. The number of rotatable bonds is 2. The molecule has 2 fully saturated rings. The van der Waals surface area contributed by atoms with Crippen molar-refractivity contribution in [1.29, 1.82) is 0 Å². The van der Waals surface area contributed by atoms with Crippen LogP contribution in [0.3, 0.4) is 0 Å². The summed E-state index contributed by atoms with van der Waals surface area (Å²) in [5, 5.41) is 3.24. The van der Waals surface area contributed by atoms with Gasteiger partial charge < -0.3 is 9.80 Å². The highest BCUT2D eigenvalue weighted by molar-refractivity contribution is 7.99. The number of carbonyl (C=O) groups is 2. The molecule has 1 aromatic rings. The molecule has 3 rings (SSSR count). The maximum absolute atomic E-state index is 12.8. The van der Waals surface area contributed by atoms with E-state index in [9.17, 15) is 9.59 Å². The first-order valence-corrected chi connectivity index (χ1v) is 9.68. The standard InChI is InChI=1S/C18H25N3O2S/c1-13-4-5-15(10-14(13)2)17(22)20-6-3-7-21(9-8-20)18(23)16-11-24-12-19-16/h4-5,10,16,19H,3,6-9,11-12H2,1-2H3. The summed E-state index contributed by atoms with van der Waals surface area (Å²) in [5.74, 6) is 1.95. The minimum atomic E-state index is -0.0583. The predicted octanol–water partition coefficient (Wildman–Crippen LogP) is 1.64. The third-order valence-electron chi connectivity index (χ3n) is 4.86. The molecule has 6 heteroatoms. The van der Waals surface area contributed by atoms with Gasteiger partial charge in [0.15, 0.2) is 0 Å². The third-order valence-corrected chi connectivity index (χ3v) is 5.80. The fourth-order valence-corrected chi connectivity index (χ4v) is 4.11. The summed E-state index contributed by atoms with van der Waals surface area (Å²) in [7, 11) is 0. The normalized spacial score (nSPS) is 21.7. The van der Waals surface area contributed by atoms with E-state index in [-0.39, 0.29) is 17.9 Å². The van der Waals surface area contributed by atoms with Crippen LogP contribution in [0.1, 0.15) is 27.9 Å². The molecule has 0 aromatic heterocycles. The average molecular weight is 347 g/mol. The Hall–Kier alpha value is -1.53. The van der Waals surface area contributed by atoms with Crippen LogP contribution in [-0.4, -0.2) is 65.5 Å². The van der Waals surface area contributed by atoms with Crippen molar-refractivity contribution >= 4 is 23.6 Å². The molecule has 24 heavy (non-hydrogen) atoms. The molecule has 0 spiro atoms. The minimum Gasteiger partial charge on any atom is -0.339 e. The third kappa shape index (κ3) is 3.75. The highest BCUT2D eigenvalue weighted by atomic mass is 32.2. The zero-order valence-corrected chi connectivity index (χ0v) is 15.2. The lowest BCUT2D eigenvalue weighted by molar-refractivity contribution is -0.132. The number of hydrogen-bond acceptors (Lipinski definition) is 4. The summed E-state index contributed by atoms with van der Waals surface area (Å²) in [4.78, 5) is 29.1. The van der Waals surface area contributed by atoms with E-state index >= 15 is 0 Å². The SMILES string of the molecule is Cc1ccc(C(=O)N2CCCN(C(=O)C3CSCN3)CC2)cc1C. The Morgan fingerprint density at radius 3 is 2.54 bits per heavy atom. The van der Waals surface area contributed by atoms with E-state index in [1.54, 1.807) is 11.8 Å². The van der Waals surface area contributed by atoms with Gasteiger partial charge in [-0.25, -0.2) is 0 Å². The van der Waals surface area contributed by atoms with Gasteiger partial charge in [0.25, 0.3) is 5.91 Å². The first-order valence-electron chi connectivity index (χ1n) is 8.52. The zero-order chi connectivity index (χ0) is 17.1. The van der Waals surface area contributed by atoms with Crippen molar-refractivity contribution in [1.82, 2.24) is 15.1 Å². The summed E-state index contributed by atoms with van der Waals surface area (Å²) >= 11 is 1.76. The van der Waals surface area contributed by atoms with Crippen molar-refractivity contribution in [2.75, 3.05) is 37.8 Å².